The van der Waals surface area contributed by atoms with E-state index >= 15 is 0 Å². The van der Waals surface area contributed by atoms with Crippen LogP contribution in [0.2, 0.25) is 10.0 Å². The first kappa shape index (κ1) is 27.1. The van der Waals surface area contributed by atoms with Crippen LogP contribution in [-0.2, 0) is 6.18 Å². The van der Waals surface area contributed by atoms with Gasteiger partial charge in [-0.25, -0.2) is 4.99 Å². The van der Waals surface area contributed by atoms with Crippen LogP contribution in [0.4, 0.5) is 37.7 Å². The smallest absolute Gasteiger partial charge is 0.395 e. The van der Waals surface area contributed by atoms with E-state index in [-0.39, 0.29) is 33.2 Å². The predicted molar refractivity (Wildman–Crippen MR) is 127 cm³/mol. The van der Waals surface area contributed by atoms with E-state index in [1.165, 1.54) is 42.5 Å². The molecule has 3 aromatic rings. The topological polar surface area (TPSA) is 67.5 Å². The Morgan fingerprint density at radius 3 is 2.06 bits per heavy atom. The fourth-order valence-electron chi connectivity index (χ4n) is 2.90. The third-order valence-electron chi connectivity index (χ3n) is 4.69. The van der Waals surface area contributed by atoms with Crippen LogP contribution in [0.3, 0.4) is 0 Å². The molecule has 0 aliphatic rings. The number of para-hydroxylation sites is 1. The molecule has 188 valence electrons. The molecule has 3 rings (SSSR count). The molecule has 0 heterocycles. The Kier molecular flexibility index (Phi) is 8.00. The number of allylic oxidation sites excluding steroid dienone is 2. The van der Waals surface area contributed by atoms with E-state index in [1.807, 2.05) is 0 Å². The third kappa shape index (κ3) is 6.79. The molecule has 0 aliphatic heterocycles. The summed E-state index contributed by atoms with van der Waals surface area (Å²) in [6.45, 7) is 0. The molecule has 0 unspecified atom stereocenters. The minimum Gasteiger partial charge on any atom is -0.395 e. The molecule has 0 aliphatic carbocycles. The number of rotatable bonds is 5. The highest BCUT2D eigenvalue weighted by Gasteiger charge is 2.33. The molecule has 36 heavy (non-hydrogen) atoms. The van der Waals surface area contributed by atoms with Crippen molar-refractivity contribution in [3.05, 3.63) is 105 Å². The van der Waals surface area contributed by atoms with Gasteiger partial charge >= 0.3 is 12.4 Å². The Morgan fingerprint density at radius 2 is 1.47 bits per heavy atom. The molecule has 0 saturated carbocycles. The first-order chi connectivity index (χ1) is 16.8. The van der Waals surface area contributed by atoms with E-state index in [2.05, 4.69) is 10.3 Å². The highest BCUT2D eigenvalue weighted by atomic mass is 35.5. The van der Waals surface area contributed by atoms with Crippen molar-refractivity contribution in [1.82, 2.24) is 0 Å². The number of aliphatic imine (C=N–C) groups is 1. The van der Waals surface area contributed by atoms with Crippen LogP contribution < -0.4 is 11.1 Å². The van der Waals surface area contributed by atoms with Crippen molar-refractivity contribution in [2.24, 2.45) is 10.7 Å². The van der Waals surface area contributed by atoms with Gasteiger partial charge in [0.25, 0.3) is 5.91 Å². The number of amides is 1. The molecule has 3 aromatic carbocycles. The summed E-state index contributed by atoms with van der Waals surface area (Å²) in [7, 11) is 0. The number of nitrogens with zero attached hydrogens (tertiary/aromatic N) is 1. The summed E-state index contributed by atoms with van der Waals surface area (Å²) in [5.41, 5.74) is 2.69. The molecule has 0 fully saturated rings. The number of alkyl halides is 6. The second-order valence-electron chi connectivity index (χ2n) is 7.27. The highest BCUT2D eigenvalue weighted by molar-refractivity contribution is 6.33. The predicted octanol–water partition coefficient (Wildman–Crippen LogP) is 7.79. The Balaban J connectivity index is 1.92. The Hall–Kier alpha value is -3.50. The van der Waals surface area contributed by atoms with Crippen LogP contribution in [0.15, 0.2) is 83.5 Å². The zero-order valence-electron chi connectivity index (χ0n) is 17.9. The summed E-state index contributed by atoms with van der Waals surface area (Å²) in [4.78, 5) is 16.7. The number of nitrogens with two attached hydrogens (primary N) is 1. The molecule has 0 saturated heterocycles. The molecule has 0 bridgehead atoms. The normalized spacial score (nSPS) is 13.0. The first-order valence-electron chi connectivity index (χ1n) is 9.92. The van der Waals surface area contributed by atoms with Gasteiger partial charge in [0.1, 0.15) is 5.70 Å². The van der Waals surface area contributed by atoms with Gasteiger partial charge in [0, 0.05) is 16.8 Å². The number of hydrogen-bond donors (Lipinski definition) is 2. The largest absolute Gasteiger partial charge is 0.430 e. The summed E-state index contributed by atoms with van der Waals surface area (Å²) in [5, 5.41) is 1.98. The fraction of sp³-hybridized carbons (Fsp3) is 0.0833. The summed E-state index contributed by atoms with van der Waals surface area (Å²) < 4.78 is 78.3. The quantitative estimate of drug-likeness (QED) is 0.254. The minimum absolute atomic E-state index is 0.0205. The lowest BCUT2D eigenvalue weighted by molar-refractivity contribution is -0.137. The average Bonchev–Trinajstić information content (AvgIpc) is 2.80. The van der Waals surface area contributed by atoms with Gasteiger partial charge in [-0.05, 0) is 48.5 Å². The zero-order valence-corrected chi connectivity index (χ0v) is 19.4. The zero-order chi connectivity index (χ0) is 26.7. The van der Waals surface area contributed by atoms with Gasteiger partial charge in [0.05, 0.1) is 27.0 Å². The molecule has 3 N–H and O–H groups in total. The Morgan fingerprint density at radius 1 is 0.861 bits per heavy atom. The van der Waals surface area contributed by atoms with E-state index in [1.54, 1.807) is 12.1 Å². The van der Waals surface area contributed by atoms with E-state index in [4.69, 9.17) is 28.9 Å². The van der Waals surface area contributed by atoms with E-state index in [9.17, 15) is 31.1 Å². The van der Waals surface area contributed by atoms with Gasteiger partial charge in [-0.2, -0.15) is 26.3 Å². The van der Waals surface area contributed by atoms with Gasteiger partial charge < -0.3 is 11.1 Å². The second-order valence-corrected chi connectivity index (χ2v) is 8.08. The lowest BCUT2D eigenvalue weighted by atomic mass is 10.1. The molecule has 0 radical (unpaired) electrons. The summed E-state index contributed by atoms with van der Waals surface area (Å²) >= 11 is 11.6. The number of benzene rings is 3. The molecule has 0 spiro atoms. The van der Waals surface area contributed by atoms with Crippen LogP contribution in [0.5, 0.6) is 0 Å². The number of anilines is 1. The van der Waals surface area contributed by atoms with E-state index in [0.717, 1.165) is 6.07 Å². The number of nitrogens with one attached hydrogen (secondary N) is 1. The maximum atomic E-state index is 13.1. The molecular formula is C24H15Cl2F6N3O. The molecule has 1 amide bonds. The van der Waals surface area contributed by atoms with Gasteiger partial charge in [-0.1, -0.05) is 47.5 Å². The van der Waals surface area contributed by atoms with Crippen LogP contribution in [0.1, 0.15) is 21.5 Å². The first-order valence-corrected chi connectivity index (χ1v) is 10.7. The molecule has 0 atom stereocenters. The lowest BCUT2D eigenvalue weighted by Gasteiger charge is -2.12. The molecule has 4 nitrogen and oxygen atoms in total. The number of carbonyl (C=O) groups excluding carboxylic acids is 1. The van der Waals surface area contributed by atoms with Crippen LogP contribution in [0, 0.1) is 0 Å². The fourth-order valence-corrected chi connectivity index (χ4v) is 3.30. The monoisotopic (exact) mass is 545 g/mol. The minimum atomic E-state index is -4.81. The lowest BCUT2D eigenvalue weighted by Crippen LogP contribution is -2.21. The molecule has 0 aromatic heterocycles. The van der Waals surface area contributed by atoms with Crippen molar-refractivity contribution in [1.29, 1.82) is 0 Å². The van der Waals surface area contributed by atoms with Gasteiger partial charge in [0.15, 0.2) is 0 Å². The molecule has 12 heteroatoms. The summed E-state index contributed by atoms with van der Waals surface area (Å²) in [6, 6.07) is 14.2. The molecular weight excluding hydrogens is 531 g/mol. The van der Waals surface area contributed by atoms with Crippen molar-refractivity contribution >= 4 is 46.2 Å². The Labute approximate surface area is 211 Å². The SMILES string of the molecule is NC(=CC(=Nc1ccccc1Cl)c1ccc(C(=O)Nc2ccc(Cl)c(C(F)(F)F)c2)cc1)C(F)(F)F. The number of carbonyl (C=O) groups is 1. The maximum absolute atomic E-state index is 13.1. The summed E-state index contributed by atoms with van der Waals surface area (Å²) in [6.07, 6.45) is -8.90. The third-order valence-corrected chi connectivity index (χ3v) is 5.33. The number of halogens is 8. The standard InChI is InChI=1S/C24H15Cl2F6N3O/c25-17-10-9-15(11-16(17)23(27,28)29)34-22(36)14-7-5-13(6-8-14)20(12-21(33)24(30,31)32)35-19-4-2-1-3-18(19)26/h1-12H,33H2,(H,34,36). The van der Waals surface area contributed by atoms with E-state index < -0.39 is 34.5 Å². The van der Waals surface area contributed by atoms with Gasteiger partial charge in [-0.15, -0.1) is 0 Å². The van der Waals surface area contributed by atoms with Crippen LogP contribution >= 0.6 is 23.2 Å². The summed E-state index contributed by atoms with van der Waals surface area (Å²) in [5.74, 6) is -0.757. The van der Waals surface area contributed by atoms with Crippen LogP contribution in [0.25, 0.3) is 0 Å². The maximum Gasteiger partial charge on any atom is 0.430 e. The highest BCUT2D eigenvalue weighted by Crippen LogP contribution is 2.36. The second kappa shape index (κ2) is 10.6. The average molecular weight is 546 g/mol. The van der Waals surface area contributed by atoms with Crippen molar-refractivity contribution in [2.45, 2.75) is 12.4 Å². The van der Waals surface area contributed by atoms with Crippen molar-refractivity contribution < 1.29 is 31.1 Å². The van der Waals surface area contributed by atoms with Crippen molar-refractivity contribution in [3.8, 4) is 0 Å². The van der Waals surface area contributed by atoms with Gasteiger partial charge in [-0.3, -0.25) is 4.79 Å². The van der Waals surface area contributed by atoms with Crippen LogP contribution in [-0.4, -0.2) is 17.8 Å². The van der Waals surface area contributed by atoms with Crippen molar-refractivity contribution in [3.63, 3.8) is 0 Å². The number of hydrogen-bond acceptors (Lipinski definition) is 3. The van der Waals surface area contributed by atoms with Crippen molar-refractivity contribution in [2.75, 3.05) is 5.32 Å². The van der Waals surface area contributed by atoms with Gasteiger partial charge in [0.2, 0.25) is 0 Å². The Bertz CT molecular complexity index is 1330. The van der Waals surface area contributed by atoms with E-state index in [0.29, 0.717) is 12.1 Å².